The summed E-state index contributed by atoms with van der Waals surface area (Å²) in [5.74, 6) is 1.69. The van der Waals surface area contributed by atoms with Crippen molar-refractivity contribution in [1.82, 2.24) is 19.7 Å². The molecule has 0 fully saturated rings. The van der Waals surface area contributed by atoms with Crippen molar-refractivity contribution < 1.29 is 24.2 Å². The van der Waals surface area contributed by atoms with Crippen LogP contribution in [0.4, 0.5) is 17.2 Å². The van der Waals surface area contributed by atoms with Crippen LogP contribution in [-0.4, -0.2) is 74.9 Å². The van der Waals surface area contributed by atoms with E-state index in [0.717, 1.165) is 54.8 Å². The second kappa shape index (κ2) is 16.3. The third-order valence-corrected chi connectivity index (χ3v) is 11.3. The first-order chi connectivity index (χ1) is 27.6. The molecular weight excluding hydrogens is 764 g/mol. The van der Waals surface area contributed by atoms with Crippen LogP contribution in [0.25, 0.3) is 16.1 Å². The molecule has 57 heavy (non-hydrogen) atoms. The number of ether oxygens (including phenoxy) is 2. The van der Waals surface area contributed by atoms with Gasteiger partial charge in [-0.15, -0.1) is 21.5 Å². The number of aromatic nitrogens is 4. The molecule has 2 aliphatic rings. The minimum atomic E-state index is -1.58. The zero-order valence-electron chi connectivity index (χ0n) is 31.4. The predicted molar refractivity (Wildman–Crippen MR) is 221 cm³/mol. The number of hydrogen-bond acceptors (Lipinski definition) is 11. The number of carbonyl (C=O) groups excluding carboxylic acids is 2. The van der Waals surface area contributed by atoms with Crippen LogP contribution < -0.4 is 20.7 Å². The number of aliphatic hydroxyl groups is 1. The van der Waals surface area contributed by atoms with Crippen LogP contribution in [0.15, 0.2) is 90.1 Å². The van der Waals surface area contributed by atoms with Crippen molar-refractivity contribution in [2.75, 3.05) is 42.3 Å². The molecule has 0 unspecified atom stereocenters. The van der Waals surface area contributed by atoms with Gasteiger partial charge in [0.25, 0.3) is 5.91 Å². The molecule has 3 aromatic heterocycles. The molecule has 3 aromatic carbocycles. The van der Waals surface area contributed by atoms with Crippen molar-refractivity contribution in [2.45, 2.75) is 39.3 Å². The van der Waals surface area contributed by atoms with E-state index in [4.69, 9.17) is 26.1 Å². The summed E-state index contributed by atoms with van der Waals surface area (Å²) in [5, 5.41) is 30.8. The SMILES string of the molecule is Cc1sc2c(c1C)C(c1ccc(Cl)cc1)=N[C@@H]([C@@H](O)C(=O)Nc1ccc(OCCOCCNc3ncccc3-c3ccc4c(c3)CC(=O)N4)cc1)c1nnc(C)n1-2. The normalized spacial score (nSPS) is 14.8. The number of nitrogens with one attached hydrogen (secondary N) is 3. The number of carbonyl (C=O) groups is 2. The minimum Gasteiger partial charge on any atom is -0.491 e. The smallest absolute Gasteiger partial charge is 0.255 e. The Hall–Kier alpha value is -5.93. The highest BCUT2D eigenvalue weighted by atomic mass is 35.5. The molecule has 0 bridgehead atoms. The number of aliphatic imine (C=N–C) groups is 1. The van der Waals surface area contributed by atoms with Crippen LogP contribution in [-0.2, 0) is 20.7 Å². The second-order valence-corrected chi connectivity index (χ2v) is 15.3. The van der Waals surface area contributed by atoms with Crippen LogP contribution in [0, 0.1) is 20.8 Å². The summed E-state index contributed by atoms with van der Waals surface area (Å²) < 4.78 is 13.5. The standard InChI is InChI=1S/C42H39ClN8O5S/c1-23-24(2)57-42-35(23)36(26-6-9-29(43)10-7-26)48-37(40-50-49-25(3)51(40)42)38(53)41(54)46-30-11-13-31(14-12-30)56-20-19-55-18-17-45-39-32(5-4-16-44-39)27-8-15-33-28(21-27)22-34(52)47-33/h4-16,21,37-38,53H,17-20,22H2,1-3H3,(H,44,45)(H,46,54)(H,47,52)/t37-,38+/m0/s1. The monoisotopic (exact) mass is 802 g/mol. The average molecular weight is 803 g/mol. The number of aliphatic hydroxyl groups excluding tert-OH is 1. The fourth-order valence-electron chi connectivity index (χ4n) is 6.90. The maximum absolute atomic E-state index is 13.6. The minimum absolute atomic E-state index is 0.00225. The van der Waals surface area contributed by atoms with E-state index in [2.05, 4.69) is 38.1 Å². The zero-order chi connectivity index (χ0) is 39.6. The molecular formula is C42H39ClN8O5S. The highest BCUT2D eigenvalue weighted by Gasteiger charge is 2.37. The van der Waals surface area contributed by atoms with Gasteiger partial charge in [-0.3, -0.25) is 19.1 Å². The van der Waals surface area contributed by atoms with Gasteiger partial charge in [-0.2, -0.15) is 0 Å². The number of aryl methyl sites for hydroxylation is 2. The number of benzene rings is 3. The Balaban J connectivity index is 0.854. The Morgan fingerprint density at radius 1 is 1.02 bits per heavy atom. The predicted octanol–water partition coefficient (Wildman–Crippen LogP) is 6.86. The molecule has 290 valence electrons. The summed E-state index contributed by atoms with van der Waals surface area (Å²) in [6, 6.07) is 23.0. The van der Waals surface area contributed by atoms with Crippen molar-refractivity contribution in [3.8, 4) is 21.9 Å². The number of amides is 2. The number of anilines is 3. The van der Waals surface area contributed by atoms with E-state index in [1.54, 1.807) is 53.9 Å². The third-order valence-electron chi connectivity index (χ3n) is 9.88. The van der Waals surface area contributed by atoms with Crippen molar-refractivity contribution in [3.63, 3.8) is 0 Å². The van der Waals surface area contributed by atoms with Crippen LogP contribution in [0.1, 0.15) is 44.8 Å². The van der Waals surface area contributed by atoms with Gasteiger partial charge in [-0.25, -0.2) is 4.98 Å². The molecule has 0 saturated carbocycles. The first kappa shape index (κ1) is 38.0. The molecule has 0 aliphatic carbocycles. The summed E-state index contributed by atoms with van der Waals surface area (Å²) in [6.45, 7) is 7.59. The molecule has 2 amide bonds. The quantitative estimate of drug-likeness (QED) is 0.0914. The van der Waals surface area contributed by atoms with E-state index in [-0.39, 0.29) is 5.91 Å². The summed E-state index contributed by atoms with van der Waals surface area (Å²) in [7, 11) is 0. The maximum Gasteiger partial charge on any atom is 0.255 e. The van der Waals surface area contributed by atoms with Crippen LogP contribution >= 0.6 is 22.9 Å². The van der Waals surface area contributed by atoms with Crippen molar-refractivity contribution >= 4 is 57.7 Å². The largest absolute Gasteiger partial charge is 0.491 e. The summed E-state index contributed by atoms with van der Waals surface area (Å²) >= 11 is 7.81. The van der Waals surface area contributed by atoms with Gasteiger partial charge >= 0.3 is 0 Å². The molecule has 6 aromatic rings. The van der Waals surface area contributed by atoms with Gasteiger partial charge in [-0.05, 0) is 98.1 Å². The van der Waals surface area contributed by atoms with Crippen LogP contribution in [0.2, 0.25) is 5.02 Å². The highest BCUT2D eigenvalue weighted by molar-refractivity contribution is 7.15. The molecule has 13 nitrogen and oxygen atoms in total. The number of pyridine rings is 1. The molecule has 15 heteroatoms. The first-order valence-corrected chi connectivity index (χ1v) is 19.6. The van der Waals surface area contributed by atoms with E-state index in [1.807, 2.05) is 60.9 Å². The Morgan fingerprint density at radius 2 is 1.81 bits per heavy atom. The molecule has 2 atom stereocenters. The van der Waals surface area contributed by atoms with Gasteiger partial charge in [0.15, 0.2) is 11.9 Å². The van der Waals surface area contributed by atoms with Crippen molar-refractivity contribution in [3.05, 3.63) is 129 Å². The molecule has 0 spiro atoms. The lowest BCUT2D eigenvalue weighted by Crippen LogP contribution is -2.34. The highest BCUT2D eigenvalue weighted by Crippen LogP contribution is 2.40. The van der Waals surface area contributed by atoms with Gasteiger partial charge < -0.3 is 30.5 Å². The van der Waals surface area contributed by atoms with Crippen molar-refractivity contribution in [2.24, 2.45) is 4.99 Å². The number of nitrogens with zero attached hydrogens (tertiary/aromatic N) is 5. The van der Waals surface area contributed by atoms with Gasteiger partial charge in [0.1, 0.15) is 35.0 Å². The molecule has 0 radical (unpaired) electrons. The summed E-state index contributed by atoms with van der Waals surface area (Å²) in [6.07, 6.45) is 0.526. The van der Waals surface area contributed by atoms with E-state index in [0.29, 0.717) is 66.6 Å². The summed E-state index contributed by atoms with van der Waals surface area (Å²) in [4.78, 5) is 36.0. The second-order valence-electron chi connectivity index (χ2n) is 13.7. The van der Waals surface area contributed by atoms with Gasteiger partial charge in [-0.1, -0.05) is 29.8 Å². The molecule has 4 N–H and O–H groups in total. The maximum atomic E-state index is 13.6. The topological polar surface area (TPSA) is 165 Å². The van der Waals surface area contributed by atoms with Crippen LogP contribution in [0.3, 0.4) is 0 Å². The Morgan fingerprint density at radius 3 is 2.61 bits per heavy atom. The molecule has 5 heterocycles. The number of halogens is 1. The Bertz CT molecular complexity index is 2500. The fraction of sp³-hybridized carbons (Fsp3) is 0.238. The van der Waals surface area contributed by atoms with E-state index in [9.17, 15) is 14.7 Å². The molecule has 2 aliphatic heterocycles. The van der Waals surface area contributed by atoms with Crippen molar-refractivity contribution in [1.29, 1.82) is 0 Å². The number of rotatable bonds is 13. The number of fused-ring (bicyclic) bond motifs is 4. The lowest BCUT2D eigenvalue weighted by molar-refractivity contribution is -0.125. The van der Waals surface area contributed by atoms with E-state index >= 15 is 0 Å². The van der Waals surface area contributed by atoms with Gasteiger partial charge in [0.2, 0.25) is 5.91 Å². The van der Waals surface area contributed by atoms with E-state index < -0.39 is 18.1 Å². The third kappa shape index (κ3) is 7.89. The van der Waals surface area contributed by atoms with Gasteiger partial charge in [0, 0.05) is 50.7 Å². The lowest BCUT2D eigenvalue weighted by atomic mass is 9.99. The Kier molecular flexibility index (Phi) is 10.8. The van der Waals surface area contributed by atoms with Gasteiger partial charge in [0.05, 0.1) is 25.3 Å². The fourth-order valence-corrected chi connectivity index (χ4v) is 8.24. The lowest BCUT2D eigenvalue weighted by Gasteiger charge is -2.19. The first-order valence-electron chi connectivity index (χ1n) is 18.4. The summed E-state index contributed by atoms with van der Waals surface area (Å²) in [5.41, 5.74) is 7.63. The number of hydrogen-bond donors (Lipinski definition) is 4. The molecule has 8 rings (SSSR count). The number of thiophene rings is 1. The molecule has 0 saturated heterocycles. The van der Waals surface area contributed by atoms with E-state index in [1.165, 1.54) is 0 Å². The zero-order valence-corrected chi connectivity index (χ0v) is 32.9. The average Bonchev–Trinajstić information content (AvgIpc) is 3.84. The Labute approximate surface area is 337 Å². The van der Waals surface area contributed by atoms with Crippen LogP contribution in [0.5, 0.6) is 5.75 Å².